The van der Waals surface area contributed by atoms with E-state index in [1.807, 2.05) is 48.5 Å². The van der Waals surface area contributed by atoms with E-state index in [9.17, 15) is 18.4 Å². The van der Waals surface area contributed by atoms with Gasteiger partial charge in [0.15, 0.2) is 10.2 Å². The van der Waals surface area contributed by atoms with Crippen LogP contribution in [0.25, 0.3) is 23.3 Å². The molecule has 210 valence electrons. The molecule has 2 amide bonds. The van der Waals surface area contributed by atoms with Crippen LogP contribution in [-0.4, -0.2) is 22.0 Å². The molecule has 0 radical (unpaired) electrons. The number of anilines is 2. The molecule has 42 heavy (non-hydrogen) atoms. The molecule has 0 aliphatic rings. The zero-order valence-electron chi connectivity index (χ0n) is 21.9. The van der Waals surface area contributed by atoms with Gasteiger partial charge >= 0.3 is 0 Å². The highest BCUT2D eigenvalue weighted by molar-refractivity contribution is 7.80. The van der Waals surface area contributed by atoms with E-state index in [-0.39, 0.29) is 21.9 Å². The summed E-state index contributed by atoms with van der Waals surface area (Å²) in [6.45, 7) is 0. The largest absolute Gasteiger partial charge is 0.332 e. The molecule has 0 heterocycles. The monoisotopic (exact) mass is 598 g/mol. The molecule has 0 bridgehead atoms. The number of nitrogens with one attached hydrogen (secondary N) is 4. The van der Waals surface area contributed by atoms with Crippen molar-refractivity contribution in [1.29, 1.82) is 0 Å². The average Bonchev–Trinajstić information content (AvgIpc) is 2.97. The van der Waals surface area contributed by atoms with E-state index >= 15 is 0 Å². The lowest BCUT2D eigenvalue weighted by molar-refractivity contribution is -0.115. The third kappa shape index (κ3) is 9.54. The van der Waals surface area contributed by atoms with E-state index < -0.39 is 11.8 Å². The van der Waals surface area contributed by atoms with Crippen molar-refractivity contribution in [1.82, 2.24) is 10.6 Å². The summed E-state index contributed by atoms with van der Waals surface area (Å²) in [6.07, 6.45) is 5.76. The van der Waals surface area contributed by atoms with Gasteiger partial charge in [0.2, 0.25) is 11.8 Å². The van der Waals surface area contributed by atoms with Gasteiger partial charge in [0.1, 0.15) is 11.6 Å². The quantitative estimate of drug-likeness (QED) is 0.140. The van der Waals surface area contributed by atoms with Crippen molar-refractivity contribution in [3.8, 4) is 11.1 Å². The molecule has 4 N–H and O–H groups in total. The summed E-state index contributed by atoms with van der Waals surface area (Å²) >= 11 is 10.4. The standard InChI is InChI=1S/C32H24F2N4O2S2/c33-25-11-1-21(2-12-25)5-19-29(39)37-31(41)35-27-15-7-23(8-16-27)24-9-17-28(18-10-24)36-32(42)38-30(40)20-6-22-3-13-26(34)14-4-22/h1-20H,(H2,35,37,39,41)(H2,36,38,40,42)/b19-5+,20-6+. The first-order valence-electron chi connectivity index (χ1n) is 12.6. The normalized spacial score (nSPS) is 10.8. The van der Waals surface area contributed by atoms with Crippen molar-refractivity contribution < 1.29 is 18.4 Å². The number of carbonyl (C=O) groups excluding carboxylic acids is 2. The molecular weight excluding hydrogens is 575 g/mol. The Hall–Kier alpha value is -5.06. The summed E-state index contributed by atoms with van der Waals surface area (Å²) in [5.74, 6) is -1.52. The first-order chi connectivity index (χ1) is 20.2. The predicted molar refractivity (Wildman–Crippen MR) is 171 cm³/mol. The molecule has 6 nitrogen and oxygen atoms in total. The smallest absolute Gasteiger partial charge is 0.250 e. The summed E-state index contributed by atoms with van der Waals surface area (Å²) < 4.78 is 26.0. The predicted octanol–water partition coefficient (Wildman–Crippen LogP) is 6.68. The Morgan fingerprint density at radius 3 is 1.19 bits per heavy atom. The zero-order valence-corrected chi connectivity index (χ0v) is 23.6. The Bertz CT molecular complexity index is 1510. The van der Waals surface area contributed by atoms with Gasteiger partial charge in [-0.05, 0) is 107 Å². The third-order valence-electron chi connectivity index (χ3n) is 5.69. The summed E-state index contributed by atoms with van der Waals surface area (Å²) in [7, 11) is 0. The van der Waals surface area contributed by atoms with Crippen molar-refractivity contribution in [3.05, 3.63) is 132 Å². The molecule has 0 unspecified atom stereocenters. The second kappa shape index (κ2) is 14.5. The van der Waals surface area contributed by atoms with Gasteiger partial charge in [-0.2, -0.15) is 0 Å². The highest BCUT2D eigenvalue weighted by Gasteiger charge is 2.05. The van der Waals surface area contributed by atoms with Crippen LogP contribution in [0, 0.1) is 11.6 Å². The molecule has 4 aromatic rings. The van der Waals surface area contributed by atoms with Gasteiger partial charge in [0, 0.05) is 23.5 Å². The lowest BCUT2D eigenvalue weighted by atomic mass is 10.1. The van der Waals surface area contributed by atoms with Gasteiger partial charge in [-0.15, -0.1) is 0 Å². The maximum atomic E-state index is 13.0. The first kappa shape index (κ1) is 29.9. The molecule has 4 aromatic carbocycles. The minimum atomic E-state index is -0.414. The Morgan fingerprint density at radius 1 is 0.524 bits per heavy atom. The molecule has 0 aliphatic carbocycles. The molecule has 4 rings (SSSR count). The highest BCUT2D eigenvalue weighted by Crippen LogP contribution is 2.23. The summed E-state index contributed by atoms with van der Waals surface area (Å²) in [4.78, 5) is 24.2. The van der Waals surface area contributed by atoms with Crippen molar-refractivity contribution >= 4 is 70.0 Å². The van der Waals surface area contributed by atoms with E-state index in [1.165, 1.54) is 36.4 Å². The second-order valence-corrected chi connectivity index (χ2v) is 9.63. The Kier molecular flexibility index (Phi) is 10.4. The third-order valence-corrected chi connectivity index (χ3v) is 6.09. The van der Waals surface area contributed by atoms with Crippen molar-refractivity contribution in [2.24, 2.45) is 0 Å². The van der Waals surface area contributed by atoms with Crippen molar-refractivity contribution in [2.45, 2.75) is 0 Å². The summed E-state index contributed by atoms with van der Waals surface area (Å²) in [5.41, 5.74) is 4.66. The molecule has 10 heteroatoms. The van der Waals surface area contributed by atoms with Crippen LogP contribution in [0.4, 0.5) is 20.2 Å². The lowest BCUT2D eigenvalue weighted by Crippen LogP contribution is -2.32. The molecule has 0 saturated heterocycles. The van der Waals surface area contributed by atoms with Crippen LogP contribution in [0.5, 0.6) is 0 Å². The molecule has 0 aliphatic heterocycles. The molecule has 0 fully saturated rings. The fourth-order valence-corrected chi connectivity index (χ4v) is 4.05. The SMILES string of the molecule is O=C(/C=C/c1ccc(F)cc1)NC(=S)Nc1ccc(-c2ccc(NC(=S)NC(=O)/C=C/c3ccc(F)cc3)cc2)cc1. The highest BCUT2D eigenvalue weighted by atomic mass is 32.1. The number of carbonyl (C=O) groups is 2. The van der Waals surface area contributed by atoms with E-state index in [0.29, 0.717) is 22.5 Å². The van der Waals surface area contributed by atoms with Gasteiger partial charge in [0.05, 0.1) is 0 Å². The molecular formula is C32H24F2N4O2S2. The van der Waals surface area contributed by atoms with Crippen LogP contribution in [-0.2, 0) is 9.59 Å². The maximum absolute atomic E-state index is 13.0. The van der Waals surface area contributed by atoms with E-state index in [0.717, 1.165) is 11.1 Å². The van der Waals surface area contributed by atoms with Gasteiger partial charge < -0.3 is 10.6 Å². The number of thiocarbonyl (C=S) groups is 2. The fourth-order valence-electron chi connectivity index (χ4n) is 3.62. The summed E-state index contributed by atoms with van der Waals surface area (Å²) in [6, 6.07) is 26.5. The van der Waals surface area contributed by atoms with E-state index in [1.54, 1.807) is 36.4 Å². The number of benzene rings is 4. The second-order valence-electron chi connectivity index (χ2n) is 8.81. The van der Waals surface area contributed by atoms with E-state index in [4.69, 9.17) is 24.4 Å². The van der Waals surface area contributed by atoms with Crippen LogP contribution in [0.3, 0.4) is 0 Å². The lowest BCUT2D eigenvalue weighted by Gasteiger charge is -2.11. The fraction of sp³-hybridized carbons (Fsp3) is 0. The Labute approximate surface area is 252 Å². The maximum Gasteiger partial charge on any atom is 0.250 e. The van der Waals surface area contributed by atoms with Crippen LogP contribution in [0.15, 0.2) is 109 Å². The minimum absolute atomic E-state index is 0.140. The number of hydrogen-bond donors (Lipinski definition) is 4. The van der Waals surface area contributed by atoms with Crippen LogP contribution >= 0.6 is 24.4 Å². The molecule has 0 atom stereocenters. The van der Waals surface area contributed by atoms with Gasteiger partial charge in [-0.3, -0.25) is 20.2 Å². The van der Waals surface area contributed by atoms with Gasteiger partial charge in [0.25, 0.3) is 0 Å². The number of halogens is 2. The topological polar surface area (TPSA) is 82.3 Å². The van der Waals surface area contributed by atoms with Crippen molar-refractivity contribution in [2.75, 3.05) is 10.6 Å². The zero-order chi connectivity index (χ0) is 29.9. The van der Waals surface area contributed by atoms with Crippen LogP contribution in [0.2, 0.25) is 0 Å². The van der Waals surface area contributed by atoms with Crippen molar-refractivity contribution in [3.63, 3.8) is 0 Å². The molecule has 0 spiro atoms. The number of rotatable bonds is 7. The van der Waals surface area contributed by atoms with Crippen LogP contribution < -0.4 is 21.3 Å². The van der Waals surface area contributed by atoms with Gasteiger partial charge in [-0.1, -0.05) is 48.5 Å². The Morgan fingerprint density at radius 2 is 0.857 bits per heavy atom. The summed E-state index contributed by atoms with van der Waals surface area (Å²) in [5, 5.41) is 11.3. The minimum Gasteiger partial charge on any atom is -0.332 e. The molecule has 0 saturated carbocycles. The number of hydrogen-bond acceptors (Lipinski definition) is 4. The average molecular weight is 599 g/mol. The van der Waals surface area contributed by atoms with Crippen LogP contribution in [0.1, 0.15) is 11.1 Å². The first-order valence-corrected chi connectivity index (χ1v) is 13.4. The molecule has 0 aromatic heterocycles. The van der Waals surface area contributed by atoms with E-state index in [2.05, 4.69) is 21.3 Å². The number of amides is 2. The van der Waals surface area contributed by atoms with Gasteiger partial charge in [-0.25, -0.2) is 8.78 Å². The Balaban J connectivity index is 1.24.